The number of halogens is 1. The standard InChI is InChI=1S/C8H6ClNO5/c1-3-4(8(12)13)2-5(10(14)15)6(9)7(3)11/h2,11H,1H3,(H,12,13). The molecular formula is C8H6ClNO5. The maximum absolute atomic E-state index is 10.7. The SMILES string of the molecule is Cc1c(C(=O)O)cc([N+](=O)[O-])c(Cl)c1O. The van der Waals surface area contributed by atoms with Crippen LogP contribution < -0.4 is 0 Å². The number of carbonyl (C=O) groups is 1. The van der Waals surface area contributed by atoms with Crippen LogP contribution in [0.5, 0.6) is 5.75 Å². The number of aromatic carboxylic acids is 1. The molecule has 0 fully saturated rings. The number of carboxylic acids is 1. The van der Waals surface area contributed by atoms with Gasteiger partial charge in [0, 0.05) is 11.6 Å². The van der Waals surface area contributed by atoms with Crippen molar-refractivity contribution in [1.29, 1.82) is 0 Å². The molecule has 0 aliphatic heterocycles. The Morgan fingerprint density at radius 1 is 1.60 bits per heavy atom. The second kappa shape index (κ2) is 3.74. The van der Waals surface area contributed by atoms with Crippen molar-refractivity contribution in [3.8, 4) is 5.75 Å². The second-order valence-corrected chi connectivity index (χ2v) is 3.17. The Morgan fingerprint density at radius 2 is 2.13 bits per heavy atom. The average Bonchev–Trinajstić information content (AvgIpc) is 2.13. The van der Waals surface area contributed by atoms with Crippen LogP contribution in [0, 0.1) is 17.0 Å². The highest BCUT2D eigenvalue weighted by atomic mass is 35.5. The lowest BCUT2D eigenvalue weighted by Crippen LogP contribution is -2.02. The fourth-order valence-electron chi connectivity index (χ4n) is 1.08. The predicted octanol–water partition coefficient (Wildman–Crippen LogP) is 1.96. The summed E-state index contributed by atoms with van der Waals surface area (Å²) in [6.45, 7) is 1.31. The number of rotatable bonds is 2. The fourth-order valence-corrected chi connectivity index (χ4v) is 1.34. The number of aromatic hydroxyl groups is 1. The zero-order chi connectivity index (χ0) is 11.7. The van der Waals surface area contributed by atoms with Gasteiger partial charge in [-0.2, -0.15) is 0 Å². The first-order chi connectivity index (χ1) is 6.86. The summed E-state index contributed by atoms with van der Waals surface area (Å²) in [7, 11) is 0. The number of nitrogens with zero attached hydrogens (tertiary/aromatic N) is 1. The van der Waals surface area contributed by atoms with Crippen LogP contribution in [0.2, 0.25) is 5.02 Å². The molecule has 7 heteroatoms. The van der Waals surface area contributed by atoms with Crippen molar-refractivity contribution >= 4 is 23.3 Å². The number of nitro benzene ring substituents is 1. The largest absolute Gasteiger partial charge is 0.506 e. The normalized spacial score (nSPS) is 10.0. The summed E-state index contributed by atoms with van der Waals surface area (Å²) >= 11 is 5.49. The molecule has 80 valence electrons. The van der Waals surface area contributed by atoms with E-state index < -0.39 is 27.4 Å². The molecule has 1 aromatic rings. The van der Waals surface area contributed by atoms with Gasteiger partial charge >= 0.3 is 5.97 Å². The molecule has 15 heavy (non-hydrogen) atoms. The predicted molar refractivity (Wildman–Crippen MR) is 51.5 cm³/mol. The van der Waals surface area contributed by atoms with Crippen molar-refractivity contribution in [1.82, 2.24) is 0 Å². The molecule has 2 N–H and O–H groups in total. The van der Waals surface area contributed by atoms with E-state index in [2.05, 4.69) is 0 Å². The number of hydrogen-bond acceptors (Lipinski definition) is 4. The molecule has 1 rings (SSSR count). The van der Waals surface area contributed by atoms with Crippen LogP contribution in [0.4, 0.5) is 5.69 Å². The summed E-state index contributed by atoms with van der Waals surface area (Å²) in [5.74, 6) is -1.94. The Balaban J connectivity index is 3.59. The van der Waals surface area contributed by atoms with Crippen LogP contribution in [0.3, 0.4) is 0 Å². The van der Waals surface area contributed by atoms with Crippen molar-refractivity contribution < 1.29 is 19.9 Å². The van der Waals surface area contributed by atoms with Crippen LogP contribution in [0.1, 0.15) is 15.9 Å². The van der Waals surface area contributed by atoms with Gasteiger partial charge in [-0.05, 0) is 6.92 Å². The lowest BCUT2D eigenvalue weighted by atomic mass is 10.1. The molecular weight excluding hydrogens is 226 g/mol. The molecule has 0 saturated carbocycles. The highest BCUT2D eigenvalue weighted by Crippen LogP contribution is 2.37. The van der Waals surface area contributed by atoms with Crippen LogP contribution in [-0.2, 0) is 0 Å². The number of carboxylic acid groups (broad SMARTS) is 1. The summed E-state index contributed by atoms with van der Waals surface area (Å²) in [5.41, 5.74) is -0.973. The van der Waals surface area contributed by atoms with E-state index in [4.69, 9.17) is 16.7 Å². The maximum atomic E-state index is 10.7. The first-order valence-corrected chi connectivity index (χ1v) is 4.13. The Hall–Kier alpha value is -1.82. The van der Waals surface area contributed by atoms with Gasteiger partial charge < -0.3 is 10.2 Å². The summed E-state index contributed by atoms with van der Waals surface area (Å²) < 4.78 is 0. The summed E-state index contributed by atoms with van der Waals surface area (Å²) in [5, 5.41) is 28.1. The molecule has 6 nitrogen and oxygen atoms in total. The van der Waals surface area contributed by atoms with Gasteiger partial charge in [-0.1, -0.05) is 11.6 Å². The van der Waals surface area contributed by atoms with Crippen LogP contribution >= 0.6 is 11.6 Å². The number of benzene rings is 1. The van der Waals surface area contributed by atoms with Gasteiger partial charge in [0.15, 0.2) is 5.02 Å². The average molecular weight is 232 g/mol. The van der Waals surface area contributed by atoms with E-state index in [0.717, 1.165) is 6.07 Å². The Kier molecular flexibility index (Phi) is 2.81. The molecule has 0 aromatic heterocycles. The molecule has 0 unspecified atom stereocenters. The first-order valence-electron chi connectivity index (χ1n) is 3.76. The third-order valence-corrected chi connectivity index (χ3v) is 2.27. The number of phenolic OH excluding ortho intramolecular Hbond substituents is 1. The van der Waals surface area contributed by atoms with Crippen molar-refractivity contribution in [2.24, 2.45) is 0 Å². The fraction of sp³-hybridized carbons (Fsp3) is 0.125. The van der Waals surface area contributed by atoms with E-state index in [9.17, 15) is 20.0 Å². The molecule has 0 aliphatic carbocycles. The molecule has 0 atom stereocenters. The topological polar surface area (TPSA) is 101 Å². The van der Waals surface area contributed by atoms with Crippen molar-refractivity contribution in [2.45, 2.75) is 6.92 Å². The van der Waals surface area contributed by atoms with E-state index in [1.54, 1.807) is 0 Å². The van der Waals surface area contributed by atoms with Gasteiger partial charge in [0.2, 0.25) is 0 Å². The second-order valence-electron chi connectivity index (χ2n) is 2.79. The first kappa shape index (κ1) is 11.3. The minimum absolute atomic E-state index is 0.00176. The molecule has 0 spiro atoms. The van der Waals surface area contributed by atoms with Crippen molar-refractivity contribution in [2.75, 3.05) is 0 Å². The highest BCUT2D eigenvalue weighted by Gasteiger charge is 2.23. The smallest absolute Gasteiger partial charge is 0.336 e. The van der Waals surface area contributed by atoms with Gasteiger partial charge in [0.1, 0.15) is 5.75 Å². The monoisotopic (exact) mass is 231 g/mol. The lowest BCUT2D eigenvalue weighted by Gasteiger charge is -2.05. The molecule has 0 bridgehead atoms. The number of hydrogen-bond donors (Lipinski definition) is 2. The molecule has 1 aromatic carbocycles. The minimum atomic E-state index is -1.36. The van der Waals surface area contributed by atoms with Crippen molar-refractivity contribution in [3.05, 3.63) is 32.3 Å². The summed E-state index contributed by atoms with van der Waals surface area (Å²) in [6.07, 6.45) is 0. The lowest BCUT2D eigenvalue weighted by molar-refractivity contribution is -0.384. The Bertz CT molecular complexity index is 419. The van der Waals surface area contributed by atoms with E-state index in [0.29, 0.717) is 0 Å². The van der Waals surface area contributed by atoms with E-state index in [1.165, 1.54) is 6.92 Å². The molecule has 0 amide bonds. The molecule has 0 saturated heterocycles. The van der Waals surface area contributed by atoms with Crippen LogP contribution in [-0.4, -0.2) is 21.1 Å². The van der Waals surface area contributed by atoms with E-state index in [1.807, 2.05) is 0 Å². The van der Waals surface area contributed by atoms with E-state index in [-0.39, 0.29) is 11.1 Å². The van der Waals surface area contributed by atoms with Crippen LogP contribution in [0.15, 0.2) is 6.07 Å². The maximum Gasteiger partial charge on any atom is 0.336 e. The zero-order valence-corrected chi connectivity index (χ0v) is 8.28. The Labute approximate surface area is 88.9 Å². The van der Waals surface area contributed by atoms with Gasteiger partial charge in [-0.25, -0.2) is 4.79 Å². The van der Waals surface area contributed by atoms with Crippen LogP contribution in [0.25, 0.3) is 0 Å². The number of phenols is 1. The molecule has 0 aliphatic rings. The van der Waals surface area contributed by atoms with E-state index >= 15 is 0 Å². The minimum Gasteiger partial charge on any atom is -0.506 e. The molecule has 0 radical (unpaired) electrons. The quantitative estimate of drug-likeness (QED) is 0.598. The summed E-state index contributed by atoms with van der Waals surface area (Å²) in [6, 6.07) is 0.819. The summed E-state index contributed by atoms with van der Waals surface area (Å²) in [4.78, 5) is 20.3. The van der Waals surface area contributed by atoms with Gasteiger partial charge in [0.05, 0.1) is 10.5 Å². The van der Waals surface area contributed by atoms with Crippen molar-refractivity contribution in [3.63, 3.8) is 0 Å². The molecule has 0 heterocycles. The highest BCUT2D eigenvalue weighted by molar-refractivity contribution is 6.34. The van der Waals surface area contributed by atoms with Gasteiger partial charge in [-0.15, -0.1) is 0 Å². The van der Waals surface area contributed by atoms with Gasteiger partial charge in [-0.3, -0.25) is 10.1 Å². The number of nitro groups is 1. The third-order valence-electron chi connectivity index (χ3n) is 1.90. The zero-order valence-electron chi connectivity index (χ0n) is 7.52. The Morgan fingerprint density at radius 3 is 2.53 bits per heavy atom. The van der Waals surface area contributed by atoms with Gasteiger partial charge in [0.25, 0.3) is 5.69 Å². The third kappa shape index (κ3) is 1.84.